The predicted octanol–water partition coefficient (Wildman–Crippen LogP) is 4.26. The third-order valence-corrected chi connectivity index (χ3v) is 6.79. The number of nitrogens with zero attached hydrogens (tertiary/aromatic N) is 5. The fourth-order valence-corrected chi connectivity index (χ4v) is 4.81. The Morgan fingerprint density at radius 2 is 2.08 bits per heavy atom. The summed E-state index contributed by atoms with van der Waals surface area (Å²) in [5.41, 5.74) is 1.10. The predicted molar refractivity (Wildman–Crippen MR) is 128 cm³/mol. The number of anilines is 2. The lowest BCUT2D eigenvalue weighted by Gasteiger charge is -2.22. The molecular formula is C26H24F2N6O2. The minimum Gasteiger partial charge on any atom is -0.311 e. The van der Waals surface area contributed by atoms with Gasteiger partial charge in [-0.1, -0.05) is 24.3 Å². The average molecular weight is 491 g/mol. The van der Waals surface area contributed by atoms with Gasteiger partial charge in [0.25, 0.3) is 6.43 Å². The molecule has 36 heavy (non-hydrogen) atoms. The van der Waals surface area contributed by atoms with Crippen LogP contribution in [0.3, 0.4) is 0 Å². The lowest BCUT2D eigenvalue weighted by atomic mass is 9.83. The second-order valence-corrected chi connectivity index (χ2v) is 9.33. The molecule has 0 unspecified atom stereocenters. The van der Waals surface area contributed by atoms with Crippen molar-refractivity contribution in [3.05, 3.63) is 60.0 Å². The highest BCUT2D eigenvalue weighted by Gasteiger charge is 2.56. The third kappa shape index (κ3) is 4.44. The summed E-state index contributed by atoms with van der Waals surface area (Å²) in [4.78, 5) is 31.2. The topological polar surface area (TPSA) is 104 Å². The Morgan fingerprint density at radius 3 is 2.75 bits per heavy atom. The minimum absolute atomic E-state index is 0.00584. The van der Waals surface area contributed by atoms with Crippen molar-refractivity contribution < 1.29 is 18.4 Å². The molecule has 3 heterocycles. The molecule has 1 N–H and O–H groups in total. The number of carbonyl (C=O) groups excluding carboxylic acids is 2. The first-order valence-electron chi connectivity index (χ1n) is 11.7. The number of amides is 2. The van der Waals surface area contributed by atoms with Crippen LogP contribution in [0.4, 0.5) is 20.3 Å². The molecule has 1 aliphatic heterocycles. The van der Waals surface area contributed by atoms with Crippen LogP contribution in [0.2, 0.25) is 0 Å². The van der Waals surface area contributed by atoms with Crippen molar-refractivity contribution in [2.24, 2.45) is 18.4 Å². The summed E-state index contributed by atoms with van der Waals surface area (Å²) in [6.07, 6.45) is 2.69. The van der Waals surface area contributed by atoms with Gasteiger partial charge in [0, 0.05) is 37.1 Å². The van der Waals surface area contributed by atoms with Crippen molar-refractivity contribution in [1.29, 1.82) is 5.26 Å². The highest BCUT2D eigenvalue weighted by molar-refractivity contribution is 6.02. The molecule has 184 valence electrons. The van der Waals surface area contributed by atoms with Gasteiger partial charge in [0.15, 0.2) is 0 Å². The number of rotatable bonds is 7. The molecule has 0 spiro atoms. The normalized spacial score (nSPS) is 19.5. The Labute approximate surface area is 206 Å². The second kappa shape index (κ2) is 9.15. The van der Waals surface area contributed by atoms with Crippen LogP contribution in [0.1, 0.15) is 36.9 Å². The first kappa shape index (κ1) is 23.6. The number of nitrogens with one attached hydrogen (secondary N) is 1. The van der Waals surface area contributed by atoms with E-state index < -0.39 is 23.4 Å². The molecule has 1 aliphatic carbocycles. The molecule has 2 aromatic heterocycles. The van der Waals surface area contributed by atoms with E-state index in [0.717, 1.165) is 35.6 Å². The van der Waals surface area contributed by atoms with Gasteiger partial charge < -0.3 is 10.2 Å². The molecule has 10 heteroatoms. The van der Waals surface area contributed by atoms with Gasteiger partial charge in [-0.2, -0.15) is 10.4 Å². The number of halogens is 2. The summed E-state index contributed by atoms with van der Waals surface area (Å²) in [6.45, 7) is 0.254. The average Bonchev–Trinajstić information content (AvgIpc) is 3.53. The number of pyridine rings is 1. The lowest BCUT2D eigenvalue weighted by Crippen LogP contribution is -2.35. The maximum absolute atomic E-state index is 13.6. The maximum Gasteiger partial charge on any atom is 0.280 e. The van der Waals surface area contributed by atoms with Gasteiger partial charge in [0.05, 0.1) is 18.7 Å². The van der Waals surface area contributed by atoms with Crippen LogP contribution >= 0.6 is 0 Å². The first-order valence-corrected chi connectivity index (χ1v) is 11.7. The van der Waals surface area contributed by atoms with Crippen molar-refractivity contribution in [3.63, 3.8) is 0 Å². The zero-order valence-corrected chi connectivity index (χ0v) is 19.6. The van der Waals surface area contributed by atoms with Crippen LogP contribution in [-0.2, 0) is 23.1 Å². The number of hydrogen-bond donors (Lipinski definition) is 1. The molecule has 5 rings (SSSR count). The largest absolute Gasteiger partial charge is 0.311 e. The highest BCUT2D eigenvalue weighted by Crippen LogP contribution is 2.52. The van der Waals surface area contributed by atoms with Gasteiger partial charge >= 0.3 is 0 Å². The van der Waals surface area contributed by atoms with Crippen molar-refractivity contribution >= 4 is 23.3 Å². The van der Waals surface area contributed by atoms with E-state index in [0.29, 0.717) is 6.42 Å². The van der Waals surface area contributed by atoms with Crippen molar-refractivity contribution in [2.75, 3.05) is 16.8 Å². The molecule has 0 bridgehead atoms. The molecule has 1 aromatic carbocycles. The number of alkyl halides is 2. The molecule has 2 fully saturated rings. The number of benzene rings is 1. The quantitative estimate of drug-likeness (QED) is 0.533. The summed E-state index contributed by atoms with van der Waals surface area (Å²) in [5, 5.41) is 16.5. The summed E-state index contributed by atoms with van der Waals surface area (Å²) >= 11 is 0. The van der Waals surface area contributed by atoms with E-state index in [1.54, 1.807) is 16.9 Å². The van der Waals surface area contributed by atoms with Gasteiger partial charge in [-0.05, 0) is 42.4 Å². The van der Waals surface area contributed by atoms with Crippen LogP contribution in [0.15, 0.2) is 48.8 Å². The lowest BCUT2D eigenvalue weighted by molar-refractivity contribution is -0.123. The van der Waals surface area contributed by atoms with E-state index in [2.05, 4.69) is 21.5 Å². The Hall–Kier alpha value is -4.13. The van der Waals surface area contributed by atoms with Crippen molar-refractivity contribution in [2.45, 2.75) is 32.1 Å². The Bertz CT molecular complexity index is 1380. The monoisotopic (exact) mass is 490 g/mol. The smallest absolute Gasteiger partial charge is 0.280 e. The van der Waals surface area contributed by atoms with E-state index in [1.807, 2.05) is 31.4 Å². The van der Waals surface area contributed by atoms with Crippen molar-refractivity contribution in [1.82, 2.24) is 14.8 Å². The van der Waals surface area contributed by atoms with Gasteiger partial charge in [-0.3, -0.25) is 14.3 Å². The SMILES string of the molecule is Cn1cc(-c2cccc(CC(=O)Nc3cc(N4CC[C@@](C#N)(C5CC5)C4=O)cc(C(F)F)n3)c2)cn1. The Kier molecular flexibility index (Phi) is 6.00. The third-order valence-electron chi connectivity index (χ3n) is 6.79. The number of carbonyl (C=O) groups is 2. The molecule has 3 aromatic rings. The van der Waals surface area contributed by atoms with Gasteiger partial charge in [0.2, 0.25) is 11.8 Å². The number of nitriles is 1. The van der Waals surface area contributed by atoms with Gasteiger partial charge in [-0.25, -0.2) is 13.8 Å². The zero-order valence-electron chi connectivity index (χ0n) is 19.6. The summed E-state index contributed by atoms with van der Waals surface area (Å²) in [7, 11) is 1.82. The Balaban J connectivity index is 1.35. The van der Waals surface area contributed by atoms with Crippen LogP contribution in [-0.4, -0.2) is 33.1 Å². The van der Waals surface area contributed by atoms with Gasteiger partial charge in [-0.15, -0.1) is 0 Å². The molecular weight excluding hydrogens is 466 g/mol. The number of aromatic nitrogens is 3. The fourth-order valence-electron chi connectivity index (χ4n) is 4.81. The molecule has 0 radical (unpaired) electrons. The van der Waals surface area contributed by atoms with Crippen LogP contribution < -0.4 is 10.2 Å². The van der Waals surface area contributed by atoms with Crippen molar-refractivity contribution in [3.8, 4) is 17.2 Å². The Morgan fingerprint density at radius 1 is 1.28 bits per heavy atom. The molecule has 8 nitrogen and oxygen atoms in total. The van der Waals surface area contributed by atoms with E-state index >= 15 is 0 Å². The van der Waals surface area contributed by atoms with Crippen LogP contribution in [0.5, 0.6) is 0 Å². The molecule has 2 aliphatic rings. The van der Waals surface area contributed by atoms with E-state index in [-0.39, 0.29) is 36.3 Å². The highest BCUT2D eigenvalue weighted by atomic mass is 19.3. The fraction of sp³-hybridized carbons (Fsp3) is 0.346. The molecule has 1 saturated heterocycles. The summed E-state index contributed by atoms with van der Waals surface area (Å²) < 4.78 is 28.9. The second-order valence-electron chi connectivity index (χ2n) is 9.33. The summed E-state index contributed by atoms with van der Waals surface area (Å²) in [5.74, 6) is -0.855. The summed E-state index contributed by atoms with van der Waals surface area (Å²) in [6, 6.07) is 12.2. The maximum atomic E-state index is 13.6. The van der Waals surface area contributed by atoms with Gasteiger partial charge in [0.1, 0.15) is 16.9 Å². The van der Waals surface area contributed by atoms with E-state index in [4.69, 9.17) is 0 Å². The molecule has 1 saturated carbocycles. The van der Waals surface area contributed by atoms with Crippen LogP contribution in [0, 0.1) is 22.7 Å². The van der Waals surface area contributed by atoms with E-state index in [1.165, 1.54) is 11.0 Å². The number of aryl methyl sites for hydroxylation is 1. The molecule has 1 atom stereocenters. The first-order chi connectivity index (χ1) is 17.3. The van der Waals surface area contributed by atoms with Crippen LogP contribution in [0.25, 0.3) is 11.1 Å². The zero-order chi connectivity index (χ0) is 25.4. The minimum atomic E-state index is -2.89. The standard InChI is InChI=1S/C26H24F2N6O2/c1-33-14-18(13-30-33)17-4-2-3-16(9-17)10-23(35)32-22-12-20(11-21(31-22)24(27)28)34-8-7-26(15-29,25(34)36)19-5-6-19/h2-4,9,11-14,19,24H,5-8,10H2,1H3,(H,31,32,35)/t26-/m1/s1. The molecule has 2 amide bonds. The number of hydrogen-bond acceptors (Lipinski definition) is 5. The van der Waals surface area contributed by atoms with E-state index in [9.17, 15) is 23.6 Å².